The van der Waals surface area contributed by atoms with Gasteiger partial charge in [0, 0.05) is 0 Å². The number of esters is 2. The number of carbonyl (C=O) groups is 2. The molecule has 1 heterocycles. The molecule has 0 radical (unpaired) electrons. The van der Waals surface area contributed by atoms with Crippen LogP contribution in [0.5, 0.6) is 0 Å². The first-order valence-corrected chi connectivity index (χ1v) is 10.6. The molecule has 1 atom stereocenters. The largest absolute Gasteiger partial charge is 0.393 e. The van der Waals surface area contributed by atoms with Crippen LogP contribution in [-0.2, 0) is 14.3 Å². The minimum Gasteiger partial charge on any atom is -0.393 e. The summed E-state index contributed by atoms with van der Waals surface area (Å²) in [6.45, 7) is 2.27. The molecule has 1 fully saturated rings. The zero-order chi connectivity index (χ0) is 18.2. The lowest BCUT2D eigenvalue weighted by atomic mass is 10.0. The third kappa shape index (κ3) is 12.0. The van der Waals surface area contributed by atoms with Crippen LogP contribution in [-0.4, -0.2) is 11.9 Å². The third-order valence-corrected chi connectivity index (χ3v) is 5.02. The van der Waals surface area contributed by atoms with E-state index in [0.29, 0.717) is 6.42 Å². The third-order valence-electron chi connectivity index (χ3n) is 5.02. The number of carbonyl (C=O) groups excluding carboxylic acids is 2. The van der Waals surface area contributed by atoms with Crippen molar-refractivity contribution in [1.29, 1.82) is 0 Å². The van der Waals surface area contributed by atoms with Crippen LogP contribution >= 0.6 is 0 Å². The van der Waals surface area contributed by atoms with Crippen molar-refractivity contribution >= 4 is 11.9 Å². The molecule has 0 aromatic carbocycles. The van der Waals surface area contributed by atoms with Crippen LogP contribution in [0.25, 0.3) is 0 Å². The maximum Gasteiger partial charge on any atom is 0.317 e. The highest BCUT2D eigenvalue weighted by Crippen LogP contribution is 2.20. The van der Waals surface area contributed by atoms with E-state index >= 15 is 0 Å². The Bertz CT molecular complexity index is 387. The minimum absolute atomic E-state index is 0.240. The standard InChI is InChI=1S/C22H38O3/c1-2-3-4-5-6-7-8-9-10-11-12-13-14-15-16-17-18-20-19-21(23)25-22(20)24/h16-17,20H,2-15,18-19H2,1H3. The van der Waals surface area contributed by atoms with Gasteiger partial charge in [0.2, 0.25) is 0 Å². The molecule has 144 valence electrons. The molecule has 0 aromatic rings. The van der Waals surface area contributed by atoms with Crippen LogP contribution in [0.15, 0.2) is 12.2 Å². The summed E-state index contributed by atoms with van der Waals surface area (Å²) in [6, 6.07) is 0. The molecule has 3 nitrogen and oxygen atoms in total. The maximum atomic E-state index is 11.3. The summed E-state index contributed by atoms with van der Waals surface area (Å²) in [6.07, 6.45) is 24.1. The van der Waals surface area contributed by atoms with Crippen molar-refractivity contribution in [2.75, 3.05) is 0 Å². The van der Waals surface area contributed by atoms with E-state index in [1.165, 1.54) is 83.5 Å². The molecule has 0 aliphatic carbocycles. The Morgan fingerprint density at radius 1 is 0.800 bits per heavy atom. The smallest absolute Gasteiger partial charge is 0.317 e. The zero-order valence-corrected chi connectivity index (χ0v) is 16.3. The van der Waals surface area contributed by atoms with Crippen LogP contribution in [0.2, 0.25) is 0 Å². The molecule has 3 heteroatoms. The zero-order valence-electron chi connectivity index (χ0n) is 16.3. The van der Waals surface area contributed by atoms with Crippen molar-refractivity contribution in [1.82, 2.24) is 0 Å². The fourth-order valence-corrected chi connectivity index (χ4v) is 3.36. The van der Waals surface area contributed by atoms with Gasteiger partial charge in [-0.15, -0.1) is 0 Å². The summed E-state index contributed by atoms with van der Waals surface area (Å²) in [7, 11) is 0. The molecule has 1 aliphatic rings. The summed E-state index contributed by atoms with van der Waals surface area (Å²) in [5, 5.41) is 0. The average molecular weight is 351 g/mol. The van der Waals surface area contributed by atoms with E-state index in [9.17, 15) is 9.59 Å². The lowest BCUT2D eigenvalue weighted by Crippen LogP contribution is -2.05. The molecule has 25 heavy (non-hydrogen) atoms. The van der Waals surface area contributed by atoms with E-state index in [4.69, 9.17) is 0 Å². The van der Waals surface area contributed by atoms with E-state index in [0.717, 1.165) is 6.42 Å². The van der Waals surface area contributed by atoms with Crippen molar-refractivity contribution in [2.24, 2.45) is 5.92 Å². The highest BCUT2D eigenvalue weighted by molar-refractivity contribution is 5.94. The molecule has 0 saturated carbocycles. The van der Waals surface area contributed by atoms with Gasteiger partial charge in [-0.05, 0) is 19.3 Å². The molecule has 0 aromatic heterocycles. The summed E-state index contributed by atoms with van der Waals surface area (Å²) < 4.78 is 4.54. The lowest BCUT2D eigenvalue weighted by molar-refractivity contribution is -0.153. The molecule has 1 saturated heterocycles. The Labute approximate surface area is 154 Å². The first-order chi connectivity index (χ1) is 12.2. The number of hydrogen-bond acceptors (Lipinski definition) is 3. The Morgan fingerprint density at radius 2 is 1.32 bits per heavy atom. The van der Waals surface area contributed by atoms with E-state index in [-0.39, 0.29) is 24.3 Å². The van der Waals surface area contributed by atoms with Crippen LogP contribution in [0.1, 0.15) is 110 Å². The van der Waals surface area contributed by atoms with Gasteiger partial charge >= 0.3 is 11.9 Å². The van der Waals surface area contributed by atoms with Gasteiger partial charge in [0.1, 0.15) is 0 Å². The SMILES string of the molecule is CCCCCCCCCCCCCCCC=CCC1CC(=O)OC1=O. The van der Waals surface area contributed by atoms with Crippen molar-refractivity contribution in [2.45, 2.75) is 110 Å². The molecule has 1 rings (SSSR count). The highest BCUT2D eigenvalue weighted by atomic mass is 16.6. The minimum atomic E-state index is -0.375. The lowest BCUT2D eigenvalue weighted by Gasteiger charge is -2.02. The number of hydrogen-bond donors (Lipinski definition) is 0. The van der Waals surface area contributed by atoms with Crippen LogP contribution in [0.3, 0.4) is 0 Å². The van der Waals surface area contributed by atoms with Crippen molar-refractivity contribution in [3.8, 4) is 0 Å². The van der Waals surface area contributed by atoms with E-state index < -0.39 is 0 Å². The van der Waals surface area contributed by atoms with Crippen LogP contribution in [0, 0.1) is 5.92 Å². The fourth-order valence-electron chi connectivity index (χ4n) is 3.36. The molecular formula is C22H38O3. The second-order valence-electron chi connectivity index (χ2n) is 7.43. The quantitative estimate of drug-likeness (QED) is 0.138. The predicted octanol–water partition coefficient (Wildman–Crippen LogP) is 6.50. The summed E-state index contributed by atoms with van der Waals surface area (Å²) in [5.41, 5.74) is 0. The molecule has 1 unspecified atom stereocenters. The normalized spacial score (nSPS) is 17.6. The molecule has 0 amide bonds. The monoisotopic (exact) mass is 350 g/mol. The average Bonchev–Trinajstić information content (AvgIpc) is 2.92. The van der Waals surface area contributed by atoms with Gasteiger partial charge in [0.05, 0.1) is 12.3 Å². The van der Waals surface area contributed by atoms with Gasteiger partial charge in [-0.1, -0.05) is 96.1 Å². The number of cyclic esters (lactones) is 2. The number of rotatable bonds is 16. The predicted molar refractivity (Wildman–Crippen MR) is 103 cm³/mol. The molecule has 0 N–H and O–H groups in total. The molecular weight excluding hydrogens is 312 g/mol. The Hall–Kier alpha value is -1.12. The van der Waals surface area contributed by atoms with Crippen molar-refractivity contribution in [3.63, 3.8) is 0 Å². The van der Waals surface area contributed by atoms with Gasteiger partial charge in [0.15, 0.2) is 0 Å². The Balaban J connectivity index is 1.78. The van der Waals surface area contributed by atoms with E-state index in [2.05, 4.69) is 17.7 Å². The Morgan fingerprint density at radius 3 is 1.80 bits per heavy atom. The summed E-state index contributed by atoms with van der Waals surface area (Å²) >= 11 is 0. The van der Waals surface area contributed by atoms with Gasteiger partial charge in [-0.25, -0.2) is 0 Å². The molecule has 0 spiro atoms. The number of allylic oxidation sites excluding steroid dienone is 2. The van der Waals surface area contributed by atoms with Crippen molar-refractivity contribution in [3.05, 3.63) is 12.2 Å². The molecule has 1 aliphatic heterocycles. The summed E-state index contributed by atoms with van der Waals surface area (Å²) in [5.74, 6) is -0.967. The van der Waals surface area contributed by atoms with E-state index in [1.807, 2.05) is 6.08 Å². The van der Waals surface area contributed by atoms with Gasteiger partial charge in [0.25, 0.3) is 0 Å². The van der Waals surface area contributed by atoms with Gasteiger partial charge in [-0.2, -0.15) is 0 Å². The first-order valence-electron chi connectivity index (χ1n) is 10.6. The highest BCUT2D eigenvalue weighted by Gasteiger charge is 2.31. The summed E-state index contributed by atoms with van der Waals surface area (Å²) in [4.78, 5) is 22.3. The first kappa shape index (κ1) is 21.9. The van der Waals surface area contributed by atoms with Crippen LogP contribution < -0.4 is 0 Å². The topological polar surface area (TPSA) is 43.4 Å². The Kier molecular flexibility index (Phi) is 13.3. The van der Waals surface area contributed by atoms with Crippen molar-refractivity contribution < 1.29 is 14.3 Å². The van der Waals surface area contributed by atoms with Gasteiger partial charge < -0.3 is 4.74 Å². The number of ether oxygens (including phenoxy) is 1. The maximum absolute atomic E-state index is 11.3. The second kappa shape index (κ2) is 15.2. The number of unbranched alkanes of at least 4 members (excludes halogenated alkanes) is 13. The second-order valence-corrected chi connectivity index (χ2v) is 7.43. The van der Waals surface area contributed by atoms with E-state index in [1.54, 1.807) is 0 Å². The fraction of sp³-hybridized carbons (Fsp3) is 0.818. The molecule has 0 bridgehead atoms. The van der Waals surface area contributed by atoms with Gasteiger partial charge in [-0.3, -0.25) is 9.59 Å². The van der Waals surface area contributed by atoms with Crippen LogP contribution in [0.4, 0.5) is 0 Å².